The SMILES string of the molecule is Cc1nc2ccc(C(N)C(=O)N(C)N)cc2o1. The highest BCUT2D eigenvalue weighted by Gasteiger charge is 2.19. The molecule has 0 saturated carbocycles. The fourth-order valence-corrected chi connectivity index (χ4v) is 1.61. The molecular weight excluding hydrogens is 220 g/mol. The summed E-state index contributed by atoms with van der Waals surface area (Å²) in [6.45, 7) is 1.76. The van der Waals surface area contributed by atoms with Crippen molar-refractivity contribution >= 4 is 17.0 Å². The van der Waals surface area contributed by atoms with Crippen LogP contribution in [-0.2, 0) is 4.79 Å². The zero-order chi connectivity index (χ0) is 12.6. The number of amides is 1. The van der Waals surface area contributed by atoms with Crippen LogP contribution in [0.3, 0.4) is 0 Å². The third-order valence-corrected chi connectivity index (χ3v) is 2.49. The van der Waals surface area contributed by atoms with E-state index in [1.54, 1.807) is 25.1 Å². The van der Waals surface area contributed by atoms with Crippen LogP contribution in [0.4, 0.5) is 0 Å². The van der Waals surface area contributed by atoms with Gasteiger partial charge in [0.05, 0.1) is 0 Å². The molecule has 1 heterocycles. The lowest BCUT2D eigenvalue weighted by Gasteiger charge is -2.16. The average Bonchev–Trinajstić information content (AvgIpc) is 2.65. The molecule has 4 N–H and O–H groups in total. The third kappa shape index (κ3) is 2.13. The maximum absolute atomic E-state index is 11.6. The molecule has 0 fully saturated rings. The number of hydrogen-bond donors (Lipinski definition) is 2. The van der Waals surface area contributed by atoms with Gasteiger partial charge < -0.3 is 10.2 Å². The van der Waals surface area contributed by atoms with Crippen LogP contribution in [0.2, 0.25) is 0 Å². The monoisotopic (exact) mass is 234 g/mol. The molecule has 17 heavy (non-hydrogen) atoms. The molecule has 90 valence electrons. The van der Waals surface area contributed by atoms with Gasteiger partial charge in [-0.3, -0.25) is 9.80 Å². The number of aromatic nitrogens is 1. The number of nitrogens with zero attached hydrogens (tertiary/aromatic N) is 2. The smallest absolute Gasteiger partial charge is 0.257 e. The molecule has 0 aliphatic rings. The van der Waals surface area contributed by atoms with E-state index >= 15 is 0 Å². The van der Waals surface area contributed by atoms with Crippen molar-refractivity contribution in [2.45, 2.75) is 13.0 Å². The Labute approximate surface area is 98.2 Å². The Morgan fingerprint density at radius 1 is 1.53 bits per heavy atom. The molecule has 6 heteroatoms. The molecule has 2 aromatic rings. The van der Waals surface area contributed by atoms with Crippen LogP contribution in [0.5, 0.6) is 0 Å². The van der Waals surface area contributed by atoms with Crippen molar-refractivity contribution in [1.29, 1.82) is 0 Å². The normalized spacial score (nSPS) is 12.7. The van der Waals surface area contributed by atoms with Gasteiger partial charge in [-0.05, 0) is 17.7 Å². The number of oxazole rings is 1. The molecule has 1 unspecified atom stereocenters. The number of hydrazine groups is 1. The first-order valence-electron chi connectivity index (χ1n) is 5.14. The molecule has 0 radical (unpaired) electrons. The Hall–Kier alpha value is -1.92. The Bertz CT molecular complexity index is 562. The number of rotatable bonds is 2. The van der Waals surface area contributed by atoms with E-state index in [0.717, 1.165) is 10.5 Å². The average molecular weight is 234 g/mol. The molecule has 1 aromatic carbocycles. The first-order valence-corrected chi connectivity index (χ1v) is 5.14. The van der Waals surface area contributed by atoms with Crippen molar-refractivity contribution in [3.63, 3.8) is 0 Å². The summed E-state index contributed by atoms with van der Waals surface area (Å²) in [4.78, 5) is 15.8. The lowest BCUT2D eigenvalue weighted by atomic mass is 10.1. The predicted molar refractivity (Wildman–Crippen MR) is 62.6 cm³/mol. The summed E-state index contributed by atoms with van der Waals surface area (Å²) in [6, 6.07) is 4.43. The first kappa shape index (κ1) is 11.6. The van der Waals surface area contributed by atoms with Crippen molar-refractivity contribution < 1.29 is 9.21 Å². The van der Waals surface area contributed by atoms with E-state index in [1.807, 2.05) is 0 Å². The Morgan fingerprint density at radius 3 is 2.88 bits per heavy atom. The summed E-state index contributed by atoms with van der Waals surface area (Å²) in [5, 5.41) is 0.973. The number of fused-ring (bicyclic) bond motifs is 1. The number of hydrogen-bond acceptors (Lipinski definition) is 5. The Morgan fingerprint density at radius 2 is 2.24 bits per heavy atom. The van der Waals surface area contributed by atoms with E-state index in [-0.39, 0.29) is 5.91 Å². The van der Waals surface area contributed by atoms with Crippen molar-refractivity contribution in [3.05, 3.63) is 29.7 Å². The topological polar surface area (TPSA) is 98.4 Å². The van der Waals surface area contributed by atoms with E-state index in [2.05, 4.69) is 4.98 Å². The summed E-state index contributed by atoms with van der Waals surface area (Å²) in [5.41, 5.74) is 7.81. The highest BCUT2D eigenvalue weighted by Crippen LogP contribution is 2.20. The maximum Gasteiger partial charge on any atom is 0.257 e. The number of nitrogens with two attached hydrogens (primary N) is 2. The molecule has 0 saturated heterocycles. The van der Waals surface area contributed by atoms with Gasteiger partial charge in [0.1, 0.15) is 11.6 Å². The van der Waals surface area contributed by atoms with Gasteiger partial charge >= 0.3 is 0 Å². The van der Waals surface area contributed by atoms with Gasteiger partial charge in [-0.1, -0.05) is 6.07 Å². The second-order valence-electron chi connectivity index (χ2n) is 3.89. The number of aryl methyl sites for hydroxylation is 1. The quantitative estimate of drug-likeness (QED) is 0.447. The lowest BCUT2D eigenvalue weighted by Crippen LogP contribution is -2.40. The van der Waals surface area contributed by atoms with E-state index in [9.17, 15) is 4.79 Å². The van der Waals surface area contributed by atoms with Crippen molar-refractivity contribution in [1.82, 2.24) is 9.99 Å². The van der Waals surface area contributed by atoms with Crippen molar-refractivity contribution in [2.75, 3.05) is 7.05 Å². The van der Waals surface area contributed by atoms with Gasteiger partial charge in [0.2, 0.25) is 0 Å². The summed E-state index contributed by atoms with van der Waals surface area (Å²) in [5.74, 6) is 5.58. The molecule has 1 aromatic heterocycles. The Kier molecular flexibility index (Phi) is 2.83. The van der Waals surface area contributed by atoms with Crippen LogP contribution in [0.1, 0.15) is 17.5 Å². The van der Waals surface area contributed by atoms with Crippen LogP contribution in [0.15, 0.2) is 22.6 Å². The van der Waals surface area contributed by atoms with E-state index in [4.69, 9.17) is 16.0 Å². The first-order chi connectivity index (χ1) is 7.99. The molecule has 1 atom stereocenters. The van der Waals surface area contributed by atoms with Crippen LogP contribution >= 0.6 is 0 Å². The second kappa shape index (κ2) is 4.15. The van der Waals surface area contributed by atoms with Crippen LogP contribution in [-0.4, -0.2) is 22.9 Å². The molecule has 0 spiro atoms. The van der Waals surface area contributed by atoms with E-state index < -0.39 is 6.04 Å². The fourth-order valence-electron chi connectivity index (χ4n) is 1.61. The van der Waals surface area contributed by atoms with Gasteiger partial charge in [-0.25, -0.2) is 10.8 Å². The van der Waals surface area contributed by atoms with Crippen LogP contribution in [0.25, 0.3) is 11.1 Å². The fraction of sp³-hybridized carbons (Fsp3) is 0.273. The number of benzene rings is 1. The molecule has 0 aliphatic carbocycles. The van der Waals surface area contributed by atoms with Gasteiger partial charge in [0.15, 0.2) is 11.5 Å². The Balaban J connectivity index is 2.38. The minimum atomic E-state index is -0.792. The molecular formula is C11H14N4O2. The number of carbonyl (C=O) groups is 1. The third-order valence-electron chi connectivity index (χ3n) is 2.49. The minimum absolute atomic E-state index is 0.361. The highest BCUT2D eigenvalue weighted by atomic mass is 16.3. The minimum Gasteiger partial charge on any atom is -0.441 e. The van der Waals surface area contributed by atoms with Crippen molar-refractivity contribution in [3.8, 4) is 0 Å². The van der Waals surface area contributed by atoms with Crippen molar-refractivity contribution in [2.24, 2.45) is 11.6 Å². The highest BCUT2D eigenvalue weighted by molar-refractivity contribution is 5.84. The molecule has 0 bridgehead atoms. The van der Waals surface area contributed by atoms with Gasteiger partial charge in [-0.15, -0.1) is 0 Å². The summed E-state index contributed by atoms with van der Waals surface area (Å²) in [6.07, 6.45) is 0. The summed E-state index contributed by atoms with van der Waals surface area (Å²) < 4.78 is 5.38. The molecule has 2 rings (SSSR count). The number of likely N-dealkylation sites (N-methyl/N-ethyl adjacent to an activating group) is 1. The van der Waals surface area contributed by atoms with Crippen LogP contribution in [0, 0.1) is 6.92 Å². The van der Waals surface area contributed by atoms with Gasteiger partial charge in [-0.2, -0.15) is 0 Å². The number of carbonyl (C=O) groups excluding carboxylic acids is 1. The summed E-state index contributed by atoms with van der Waals surface area (Å²) >= 11 is 0. The zero-order valence-electron chi connectivity index (χ0n) is 9.68. The van der Waals surface area contributed by atoms with E-state index in [1.165, 1.54) is 7.05 Å². The molecule has 6 nitrogen and oxygen atoms in total. The zero-order valence-corrected chi connectivity index (χ0v) is 9.68. The summed E-state index contributed by atoms with van der Waals surface area (Å²) in [7, 11) is 1.46. The molecule has 1 amide bonds. The van der Waals surface area contributed by atoms with Gasteiger partial charge in [0, 0.05) is 14.0 Å². The second-order valence-corrected chi connectivity index (χ2v) is 3.89. The molecule has 0 aliphatic heterocycles. The van der Waals surface area contributed by atoms with E-state index in [0.29, 0.717) is 17.0 Å². The van der Waals surface area contributed by atoms with Gasteiger partial charge in [0.25, 0.3) is 5.91 Å². The largest absolute Gasteiger partial charge is 0.441 e. The predicted octanol–water partition coefficient (Wildman–Crippen LogP) is 0.468. The standard InChI is InChI=1S/C11H14N4O2/c1-6-14-8-4-3-7(5-9(8)17-6)10(12)11(16)15(2)13/h3-5,10H,12-13H2,1-2H3. The maximum atomic E-state index is 11.6. The van der Waals surface area contributed by atoms with Crippen LogP contribution < -0.4 is 11.6 Å². The lowest BCUT2D eigenvalue weighted by molar-refractivity contribution is -0.131.